The maximum absolute atomic E-state index is 10.4. The Morgan fingerprint density at radius 3 is 2.73 bits per heavy atom. The number of hydrogen-bond acceptors (Lipinski definition) is 1. The van der Waals surface area contributed by atoms with Crippen LogP contribution in [0.2, 0.25) is 0 Å². The fourth-order valence-corrected chi connectivity index (χ4v) is 0.496. The normalized spacial score (nSPS) is 11.2. The second-order valence-electron chi connectivity index (χ2n) is 2.54. The van der Waals surface area contributed by atoms with E-state index in [1.807, 2.05) is 0 Å². The fraction of sp³-hybridized carbons (Fsp3) is 0.667. The number of rotatable bonds is 2. The Bertz CT molecular complexity index is 176. The number of nitrogens with one attached hydrogen (secondary N) is 1. The molecule has 0 aliphatic heterocycles. The standard InChI is InChI=1S/C9H15NO/c1-4-8(2)6-5-7-10-9(3)11/h8H,4,7H2,1-3H3,(H,10,11). The Hall–Kier alpha value is -0.970. The highest BCUT2D eigenvalue weighted by atomic mass is 16.1. The Kier molecular flexibility index (Phi) is 5.28. The molecule has 0 aromatic heterocycles. The molecule has 0 spiro atoms. The van der Waals surface area contributed by atoms with Gasteiger partial charge in [0.2, 0.25) is 5.91 Å². The SMILES string of the molecule is CCC(C)C#CCNC(C)=O. The van der Waals surface area contributed by atoms with Crippen LogP contribution in [0.3, 0.4) is 0 Å². The van der Waals surface area contributed by atoms with Gasteiger partial charge in [-0.3, -0.25) is 4.79 Å². The molecule has 1 atom stereocenters. The van der Waals surface area contributed by atoms with Crippen molar-refractivity contribution in [2.45, 2.75) is 27.2 Å². The van der Waals surface area contributed by atoms with E-state index in [1.54, 1.807) is 0 Å². The van der Waals surface area contributed by atoms with Gasteiger partial charge in [-0.2, -0.15) is 0 Å². The van der Waals surface area contributed by atoms with E-state index in [0.717, 1.165) is 6.42 Å². The zero-order valence-electron chi connectivity index (χ0n) is 7.40. The van der Waals surface area contributed by atoms with Crippen LogP contribution < -0.4 is 5.32 Å². The van der Waals surface area contributed by atoms with Crippen LogP contribution in [0.15, 0.2) is 0 Å². The van der Waals surface area contributed by atoms with Crippen LogP contribution >= 0.6 is 0 Å². The van der Waals surface area contributed by atoms with E-state index in [-0.39, 0.29) is 5.91 Å². The third kappa shape index (κ3) is 6.92. The van der Waals surface area contributed by atoms with Crippen molar-refractivity contribution < 1.29 is 4.79 Å². The van der Waals surface area contributed by atoms with Crippen LogP contribution in [0.25, 0.3) is 0 Å². The number of carbonyl (C=O) groups is 1. The Labute approximate surface area is 68.4 Å². The first-order valence-corrected chi connectivity index (χ1v) is 3.89. The summed E-state index contributed by atoms with van der Waals surface area (Å²) in [6.45, 7) is 6.13. The van der Waals surface area contributed by atoms with Crippen LogP contribution in [0.5, 0.6) is 0 Å². The lowest BCUT2D eigenvalue weighted by atomic mass is 10.1. The fourth-order valence-electron chi connectivity index (χ4n) is 0.496. The summed E-state index contributed by atoms with van der Waals surface area (Å²) in [6.07, 6.45) is 1.06. The van der Waals surface area contributed by atoms with Gasteiger partial charge >= 0.3 is 0 Å². The van der Waals surface area contributed by atoms with Crippen LogP contribution in [-0.4, -0.2) is 12.5 Å². The van der Waals surface area contributed by atoms with Gasteiger partial charge in [-0.1, -0.05) is 25.7 Å². The monoisotopic (exact) mass is 153 g/mol. The summed E-state index contributed by atoms with van der Waals surface area (Å²) >= 11 is 0. The third-order valence-corrected chi connectivity index (χ3v) is 1.39. The van der Waals surface area contributed by atoms with Crippen molar-refractivity contribution >= 4 is 5.91 Å². The summed E-state index contributed by atoms with van der Waals surface area (Å²) in [5.74, 6) is 6.32. The van der Waals surface area contributed by atoms with Crippen molar-refractivity contribution in [1.82, 2.24) is 5.32 Å². The van der Waals surface area contributed by atoms with E-state index >= 15 is 0 Å². The highest BCUT2D eigenvalue weighted by molar-refractivity contribution is 5.73. The summed E-state index contributed by atoms with van der Waals surface area (Å²) in [6, 6.07) is 0. The van der Waals surface area contributed by atoms with E-state index in [0.29, 0.717) is 12.5 Å². The summed E-state index contributed by atoms with van der Waals surface area (Å²) in [5, 5.41) is 2.61. The Morgan fingerprint density at radius 2 is 2.27 bits per heavy atom. The zero-order valence-corrected chi connectivity index (χ0v) is 7.40. The minimum Gasteiger partial charge on any atom is -0.345 e. The molecule has 0 bridgehead atoms. The van der Waals surface area contributed by atoms with Crippen molar-refractivity contribution in [3.8, 4) is 11.8 Å². The van der Waals surface area contributed by atoms with Gasteiger partial charge in [-0.15, -0.1) is 0 Å². The second kappa shape index (κ2) is 5.79. The van der Waals surface area contributed by atoms with Crippen molar-refractivity contribution in [2.24, 2.45) is 5.92 Å². The lowest BCUT2D eigenvalue weighted by molar-refractivity contribution is -0.118. The summed E-state index contributed by atoms with van der Waals surface area (Å²) in [5.41, 5.74) is 0. The smallest absolute Gasteiger partial charge is 0.217 e. The molecule has 62 valence electrons. The molecule has 0 aliphatic carbocycles. The first kappa shape index (κ1) is 10.0. The molecule has 0 fully saturated rings. The van der Waals surface area contributed by atoms with E-state index in [9.17, 15) is 4.79 Å². The quantitative estimate of drug-likeness (QED) is 0.593. The van der Waals surface area contributed by atoms with Gasteiger partial charge in [0.15, 0.2) is 0 Å². The van der Waals surface area contributed by atoms with Gasteiger partial charge in [-0.25, -0.2) is 0 Å². The maximum atomic E-state index is 10.4. The average Bonchev–Trinajstić information content (AvgIpc) is 1.97. The highest BCUT2D eigenvalue weighted by Crippen LogP contribution is 1.95. The summed E-state index contributed by atoms with van der Waals surface area (Å²) in [4.78, 5) is 10.4. The van der Waals surface area contributed by atoms with Crippen LogP contribution in [0.1, 0.15) is 27.2 Å². The number of hydrogen-bond donors (Lipinski definition) is 1. The number of amides is 1. The molecule has 1 N–H and O–H groups in total. The molecular weight excluding hydrogens is 138 g/mol. The summed E-state index contributed by atoms with van der Waals surface area (Å²) < 4.78 is 0. The molecule has 2 nitrogen and oxygen atoms in total. The molecule has 0 heterocycles. The highest BCUT2D eigenvalue weighted by Gasteiger charge is 1.89. The first-order valence-electron chi connectivity index (χ1n) is 3.89. The zero-order chi connectivity index (χ0) is 8.69. The Morgan fingerprint density at radius 1 is 1.64 bits per heavy atom. The Balaban J connectivity index is 3.47. The van der Waals surface area contributed by atoms with Crippen molar-refractivity contribution in [1.29, 1.82) is 0 Å². The average molecular weight is 153 g/mol. The summed E-state index contributed by atoms with van der Waals surface area (Å²) in [7, 11) is 0. The van der Waals surface area contributed by atoms with Gasteiger partial charge in [0.05, 0.1) is 6.54 Å². The molecule has 0 aliphatic rings. The lowest BCUT2D eigenvalue weighted by Gasteiger charge is -1.95. The van der Waals surface area contributed by atoms with E-state index in [1.165, 1.54) is 6.92 Å². The first-order chi connectivity index (χ1) is 5.16. The van der Waals surface area contributed by atoms with Gasteiger partial charge < -0.3 is 5.32 Å². The van der Waals surface area contributed by atoms with Crippen LogP contribution in [0, 0.1) is 17.8 Å². The lowest BCUT2D eigenvalue weighted by Crippen LogP contribution is -2.19. The maximum Gasteiger partial charge on any atom is 0.217 e. The van der Waals surface area contributed by atoms with Crippen LogP contribution in [-0.2, 0) is 4.79 Å². The topological polar surface area (TPSA) is 29.1 Å². The molecule has 11 heavy (non-hydrogen) atoms. The van der Waals surface area contributed by atoms with Crippen molar-refractivity contribution in [2.75, 3.05) is 6.54 Å². The number of carbonyl (C=O) groups excluding carboxylic acids is 1. The molecule has 0 rings (SSSR count). The molecule has 1 amide bonds. The van der Waals surface area contributed by atoms with Gasteiger partial charge in [0, 0.05) is 12.8 Å². The van der Waals surface area contributed by atoms with E-state index in [4.69, 9.17) is 0 Å². The van der Waals surface area contributed by atoms with Crippen LogP contribution in [0.4, 0.5) is 0 Å². The molecule has 0 aromatic carbocycles. The molecule has 2 heteroatoms. The van der Waals surface area contributed by atoms with Crippen molar-refractivity contribution in [3.63, 3.8) is 0 Å². The van der Waals surface area contributed by atoms with E-state index in [2.05, 4.69) is 31.0 Å². The van der Waals surface area contributed by atoms with E-state index < -0.39 is 0 Å². The largest absolute Gasteiger partial charge is 0.345 e. The molecule has 0 saturated heterocycles. The molecule has 0 aromatic rings. The second-order valence-corrected chi connectivity index (χ2v) is 2.54. The van der Waals surface area contributed by atoms with Gasteiger partial charge in [0.25, 0.3) is 0 Å². The predicted octanol–water partition coefficient (Wildman–Crippen LogP) is 1.17. The predicted molar refractivity (Wildman–Crippen MR) is 45.9 cm³/mol. The van der Waals surface area contributed by atoms with Gasteiger partial charge in [0.1, 0.15) is 0 Å². The molecule has 0 saturated carbocycles. The minimum atomic E-state index is -0.0246. The van der Waals surface area contributed by atoms with Gasteiger partial charge in [-0.05, 0) is 6.42 Å². The minimum absolute atomic E-state index is 0.0246. The van der Waals surface area contributed by atoms with Crippen molar-refractivity contribution in [3.05, 3.63) is 0 Å². The molecule has 1 unspecified atom stereocenters. The third-order valence-electron chi connectivity index (χ3n) is 1.39. The molecular formula is C9H15NO. The molecule has 0 radical (unpaired) electrons.